The molecule has 154 valence electrons. The van der Waals surface area contributed by atoms with E-state index in [4.69, 9.17) is 5.11 Å². The van der Waals surface area contributed by atoms with Gasteiger partial charge in [-0.3, -0.25) is 9.59 Å². The smallest absolute Gasteiger partial charge is 0.303 e. The van der Waals surface area contributed by atoms with E-state index in [1.54, 1.807) is 6.07 Å². The van der Waals surface area contributed by atoms with Crippen LogP contribution in [0.25, 0.3) is 0 Å². The van der Waals surface area contributed by atoms with Gasteiger partial charge in [-0.05, 0) is 36.8 Å². The van der Waals surface area contributed by atoms with E-state index in [1.807, 2.05) is 35.3 Å². The Morgan fingerprint density at radius 2 is 1.89 bits per heavy atom. The minimum absolute atomic E-state index is 0.102. The topological polar surface area (TPSA) is 77.8 Å². The number of likely N-dealkylation sites (tertiary alicyclic amines) is 1. The standard InChI is InChI=1S/C23H33NO4/c1-2-3-4-7-14-22(26)24-16-18(11-6-5-8-15-23(27)28)20(17-24)19-12-9-10-13-21(19)25/h5-6,9-10,12-13,18,20,25H,2-4,7-8,11,14-17H2,1H3,(H,27,28)/t18-,20+/m0/s1. The Morgan fingerprint density at radius 1 is 1.11 bits per heavy atom. The van der Waals surface area contributed by atoms with E-state index in [9.17, 15) is 14.7 Å². The van der Waals surface area contributed by atoms with Crippen LogP contribution in [-0.2, 0) is 9.59 Å². The van der Waals surface area contributed by atoms with Gasteiger partial charge < -0.3 is 15.1 Å². The van der Waals surface area contributed by atoms with Crippen LogP contribution in [0.4, 0.5) is 0 Å². The monoisotopic (exact) mass is 387 g/mol. The van der Waals surface area contributed by atoms with Gasteiger partial charge in [-0.1, -0.05) is 56.5 Å². The molecule has 2 rings (SSSR count). The van der Waals surface area contributed by atoms with E-state index < -0.39 is 5.97 Å². The van der Waals surface area contributed by atoms with Gasteiger partial charge in [-0.15, -0.1) is 0 Å². The van der Waals surface area contributed by atoms with Crippen LogP contribution in [0.2, 0.25) is 0 Å². The lowest BCUT2D eigenvalue weighted by atomic mass is 9.86. The number of allylic oxidation sites excluding steroid dienone is 2. The molecule has 1 aromatic rings. The van der Waals surface area contributed by atoms with Crippen molar-refractivity contribution < 1.29 is 19.8 Å². The van der Waals surface area contributed by atoms with Crippen LogP contribution in [0.5, 0.6) is 5.75 Å². The first-order chi connectivity index (χ1) is 13.5. The average Bonchev–Trinajstić information content (AvgIpc) is 3.09. The van der Waals surface area contributed by atoms with Crippen molar-refractivity contribution in [2.45, 2.75) is 64.2 Å². The van der Waals surface area contributed by atoms with Gasteiger partial charge >= 0.3 is 5.97 Å². The first-order valence-corrected chi connectivity index (χ1v) is 10.4. The third kappa shape index (κ3) is 6.70. The minimum atomic E-state index is -0.794. The van der Waals surface area contributed by atoms with Crippen LogP contribution < -0.4 is 0 Å². The molecule has 0 saturated carbocycles. The molecule has 1 aliphatic rings. The first-order valence-electron chi connectivity index (χ1n) is 10.4. The average molecular weight is 388 g/mol. The largest absolute Gasteiger partial charge is 0.508 e. The number of phenols is 1. The summed E-state index contributed by atoms with van der Waals surface area (Å²) >= 11 is 0. The Hall–Kier alpha value is -2.30. The summed E-state index contributed by atoms with van der Waals surface area (Å²) in [5.41, 5.74) is 0.896. The molecule has 2 atom stereocenters. The summed E-state index contributed by atoms with van der Waals surface area (Å²) in [6.45, 7) is 3.49. The molecule has 1 fully saturated rings. The number of nitrogens with zero attached hydrogens (tertiary/aromatic N) is 1. The molecule has 28 heavy (non-hydrogen) atoms. The molecule has 0 unspecified atom stereocenters. The van der Waals surface area contributed by atoms with Crippen molar-refractivity contribution >= 4 is 11.9 Å². The van der Waals surface area contributed by atoms with Gasteiger partial charge in [0.15, 0.2) is 0 Å². The third-order valence-electron chi connectivity index (χ3n) is 5.50. The van der Waals surface area contributed by atoms with Crippen LogP contribution in [0, 0.1) is 5.92 Å². The van der Waals surface area contributed by atoms with Crippen LogP contribution in [0.3, 0.4) is 0 Å². The lowest BCUT2D eigenvalue weighted by Crippen LogP contribution is -2.28. The van der Waals surface area contributed by atoms with Crippen LogP contribution >= 0.6 is 0 Å². The number of aromatic hydroxyl groups is 1. The Labute approximate surface area is 168 Å². The van der Waals surface area contributed by atoms with Gasteiger partial charge in [0.1, 0.15) is 5.75 Å². The molecule has 0 radical (unpaired) electrons. The number of unbranched alkanes of at least 4 members (excludes halogenated alkanes) is 3. The Balaban J connectivity index is 2.01. The number of benzene rings is 1. The van der Waals surface area contributed by atoms with Crippen molar-refractivity contribution in [3.05, 3.63) is 42.0 Å². The number of amides is 1. The van der Waals surface area contributed by atoms with Gasteiger partial charge in [0.2, 0.25) is 5.91 Å². The summed E-state index contributed by atoms with van der Waals surface area (Å²) in [6, 6.07) is 7.37. The molecule has 0 spiro atoms. The highest BCUT2D eigenvalue weighted by Crippen LogP contribution is 2.39. The molecule has 1 amide bonds. The molecular weight excluding hydrogens is 354 g/mol. The van der Waals surface area contributed by atoms with Gasteiger partial charge in [-0.2, -0.15) is 0 Å². The number of rotatable bonds is 11. The van der Waals surface area contributed by atoms with Gasteiger partial charge in [0.25, 0.3) is 0 Å². The molecule has 2 N–H and O–H groups in total. The number of carbonyl (C=O) groups excluding carboxylic acids is 1. The number of hydrogen-bond acceptors (Lipinski definition) is 3. The predicted octanol–water partition coefficient (Wildman–Crippen LogP) is 4.72. The van der Waals surface area contributed by atoms with Crippen molar-refractivity contribution in [1.29, 1.82) is 0 Å². The molecule has 1 saturated heterocycles. The van der Waals surface area contributed by atoms with E-state index >= 15 is 0 Å². The highest BCUT2D eigenvalue weighted by molar-refractivity contribution is 5.76. The van der Waals surface area contributed by atoms with Gasteiger partial charge in [0.05, 0.1) is 0 Å². The highest BCUT2D eigenvalue weighted by atomic mass is 16.4. The third-order valence-corrected chi connectivity index (χ3v) is 5.50. The number of para-hydroxylation sites is 1. The molecule has 5 heteroatoms. The molecule has 0 aromatic heterocycles. The summed E-state index contributed by atoms with van der Waals surface area (Å²) in [5.74, 6) is 0.0230. The predicted molar refractivity (Wildman–Crippen MR) is 110 cm³/mol. The molecule has 1 aliphatic heterocycles. The molecule has 5 nitrogen and oxygen atoms in total. The second-order valence-electron chi connectivity index (χ2n) is 7.67. The van der Waals surface area contributed by atoms with Crippen LogP contribution in [0.1, 0.15) is 69.8 Å². The maximum atomic E-state index is 12.6. The van der Waals surface area contributed by atoms with Crippen molar-refractivity contribution in [3.63, 3.8) is 0 Å². The first kappa shape index (κ1) is 22.0. The van der Waals surface area contributed by atoms with Gasteiger partial charge in [0, 0.05) is 31.8 Å². The summed E-state index contributed by atoms with van der Waals surface area (Å²) in [4.78, 5) is 25.2. The fourth-order valence-electron chi connectivity index (χ4n) is 3.92. The van der Waals surface area contributed by atoms with Crippen molar-refractivity contribution in [3.8, 4) is 5.75 Å². The summed E-state index contributed by atoms with van der Waals surface area (Å²) < 4.78 is 0. The van der Waals surface area contributed by atoms with Crippen molar-refractivity contribution in [1.82, 2.24) is 4.90 Å². The lowest BCUT2D eigenvalue weighted by molar-refractivity contribution is -0.137. The second-order valence-corrected chi connectivity index (χ2v) is 7.67. The Kier molecular flexibility index (Phi) is 9.05. The number of carboxylic acid groups (broad SMARTS) is 1. The lowest BCUT2D eigenvalue weighted by Gasteiger charge is -2.18. The molecule has 1 heterocycles. The zero-order chi connectivity index (χ0) is 20.4. The van der Waals surface area contributed by atoms with Crippen LogP contribution in [0.15, 0.2) is 36.4 Å². The normalized spacial score (nSPS) is 19.4. The number of hydrogen-bond donors (Lipinski definition) is 2. The fourth-order valence-corrected chi connectivity index (χ4v) is 3.92. The zero-order valence-electron chi connectivity index (χ0n) is 16.8. The molecule has 0 bridgehead atoms. The molecular formula is C23H33NO4. The Bertz CT molecular complexity index is 670. The van der Waals surface area contributed by atoms with Crippen molar-refractivity contribution in [2.24, 2.45) is 5.92 Å². The Morgan fingerprint density at radius 3 is 2.61 bits per heavy atom. The molecule has 0 aliphatic carbocycles. The summed E-state index contributed by atoms with van der Waals surface area (Å²) in [6.07, 6.45) is 10.3. The summed E-state index contributed by atoms with van der Waals surface area (Å²) in [5, 5.41) is 19.0. The molecule has 1 aromatic carbocycles. The van der Waals surface area contributed by atoms with E-state index in [-0.39, 0.29) is 29.9 Å². The highest BCUT2D eigenvalue weighted by Gasteiger charge is 2.36. The fraction of sp³-hybridized carbons (Fsp3) is 0.565. The summed E-state index contributed by atoms with van der Waals surface area (Å²) in [7, 11) is 0. The number of carboxylic acids is 1. The maximum absolute atomic E-state index is 12.6. The maximum Gasteiger partial charge on any atom is 0.303 e. The van der Waals surface area contributed by atoms with E-state index in [0.29, 0.717) is 25.9 Å². The van der Waals surface area contributed by atoms with E-state index in [1.165, 1.54) is 0 Å². The second kappa shape index (κ2) is 11.5. The number of carbonyl (C=O) groups is 2. The number of aliphatic carboxylic acids is 1. The zero-order valence-corrected chi connectivity index (χ0v) is 16.8. The van der Waals surface area contributed by atoms with Crippen molar-refractivity contribution in [2.75, 3.05) is 13.1 Å². The van der Waals surface area contributed by atoms with Crippen LogP contribution in [-0.4, -0.2) is 40.1 Å². The minimum Gasteiger partial charge on any atom is -0.508 e. The van der Waals surface area contributed by atoms with E-state index in [2.05, 4.69) is 6.92 Å². The SMILES string of the molecule is CCCCCCC(=O)N1C[C@H](CC=CCCC(=O)O)[C@H](c2ccccc2O)C1. The quantitative estimate of drug-likeness (QED) is 0.425. The number of phenolic OH excluding ortho intramolecular Hbond substituents is 1. The van der Waals surface area contributed by atoms with Gasteiger partial charge in [-0.25, -0.2) is 0 Å². The van der Waals surface area contributed by atoms with E-state index in [0.717, 1.165) is 37.7 Å².